The number of nitrogens with one attached hydrogen (secondary N) is 1. The summed E-state index contributed by atoms with van der Waals surface area (Å²) < 4.78 is 1.84. The molecule has 2 fully saturated rings. The van der Waals surface area contributed by atoms with Crippen molar-refractivity contribution in [2.45, 2.75) is 52.1 Å². The van der Waals surface area contributed by atoms with E-state index in [0.29, 0.717) is 31.5 Å². The SMILES string of the molecule is CCN1CCC[C@@H]1CNC(=O)C1CCN(c2nc3ccccc3n(Cc3ccc(C)cc3)c2=O)CC1. The third-order valence-corrected chi connectivity index (χ3v) is 7.88. The number of likely N-dealkylation sites (tertiary alicyclic amines) is 1. The predicted molar refractivity (Wildman–Crippen MR) is 144 cm³/mol. The molecule has 36 heavy (non-hydrogen) atoms. The van der Waals surface area contributed by atoms with Crippen LogP contribution in [-0.2, 0) is 11.3 Å². The summed E-state index contributed by atoms with van der Waals surface area (Å²) in [5, 5.41) is 3.21. The maximum atomic E-state index is 13.7. The van der Waals surface area contributed by atoms with Gasteiger partial charge >= 0.3 is 0 Å². The van der Waals surface area contributed by atoms with Gasteiger partial charge in [0.1, 0.15) is 0 Å². The van der Waals surface area contributed by atoms with E-state index in [-0.39, 0.29) is 17.4 Å². The number of rotatable bonds is 7. The number of fused-ring (bicyclic) bond motifs is 1. The lowest BCUT2D eigenvalue weighted by Gasteiger charge is -2.32. The number of nitrogens with zero attached hydrogens (tertiary/aromatic N) is 4. The normalized spacial score (nSPS) is 19.2. The fourth-order valence-corrected chi connectivity index (χ4v) is 5.68. The molecule has 3 heterocycles. The van der Waals surface area contributed by atoms with Gasteiger partial charge in [-0.3, -0.25) is 19.1 Å². The van der Waals surface area contributed by atoms with Gasteiger partial charge in [0.2, 0.25) is 5.91 Å². The van der Waals surface area contributed by atoms with Gasteiger partial charge in [-0.1, -0.05) is 48.9 Å². The van der Waals surface area contributed by atoms with Crippen molar-refractivity contribution in [3.8, 4) is 0 Å². The standard InChI is InChI=1S/C29H37N5O2/c1-3-32-16-6-7-24(32)19-30-28(35)23-14-17-33(18-15-23)27-29(36)34(20-22-12-10-21(2)11-13-22)26-9-5-4-8-25(26)31-27/h4-5,8-13,23-24H,3,6-7,14-20H2,1-2H3,(H,30,35)/t24-/m1/s1. The molecule has 0 unspecified atom stereocenters. The Kier molecular flexibility index (Phi) is 7.37. The number of piperidine rings is 1. The quantitative estimate of drug-likeness (QED) is 0.552. The van der Waals surface area contributed by atoms with Crippen LogP contribution in [0.2, 0.25) is 0 Å². The zero-order valence-electron chi connectivity index (χ0n) is 21.4. The highest BCUT2D eigenvalue weighted by Gasteiger charge is 2.29. The fraction of sp³-hybridized carbons (Fsp3) is 0.483. The highest BCUT2D eigenvalue weighted by molar-refractivity contribution is 5.79. The number of amides is 1. The van der Waals surface area contributed by atoms with E-state index in [2.05, 4.69) is 53.2 Å². The Balaban J connectivity index is 1.29. The molecular weight excluding hydrogens is 450 g/mol. The number of carbonyl (C=O) groups excluding carboxylic acids is 1. The van der Waals surface area contributed by atoms with Crippen molar-refractivity contribution < 1.29 is 4.79 Å². The van der Waals surface area contributed by atoms with Crippen molar-refractivity contribution in [1.82, 2.24) is 19.8 Å². The lowest BCUT2D eigenvalue weighted by molar-refractivity contribution is -0.125. The van der Waals surface area contributed by atoms with Gasteiger partial charge in [0, 0.05) is 31.6 Å². The lowest BCUT2D eigenvalue weighted by Crippen LogP contribution is -2.46. The van der Waals surface area contributed by atoms with E-state index in [1.165, 1.54) is 12.0 Å². The van der Waals surface area contributed by atoms with E-state index >= 15 is 0 Å². The first kappa shape index (κ1) is 24.5. The van der Waals surface area contributed by atoms with Crippen molar-refractivity contribution in [3.63, 3.8) is 0 Å². The number of benzene rings is 2. The molecule has 5 rings (SSSR count). The summed E-state index contributed by atoms with van der Waals surface area (Å²) in [6, 6.07) is 16.6. The van der Waals surface area contributed by atoms with Crippen LogP contribution in [0.1, 0.15) is 43.7 Å². The van der Waals surface area contributed by atoms with E-state index in [0.717, 1.165) is 55.5 Å². The van der Waals surface area contributed by atoms with Gasteiger partial charge in [-0.2, -0.15) is 0 Å². The van der Waals surface area contributed by atoms with Gasteiger partial charge < -0.3 is 10.2 Å². The number of carbonyl (C=O) groups is 1. The number of likely N-dealkylation sites (N-methyl/N-ethyl adjacent to an activating group) is 1. The summed E-state index contributed by atoms with van der Waals surface area (Å²) in [5.74, 6) is 0.637. The average Bonchev–Trinajstić information content (AvgIpc) is 3.37. The molecule has 1 atom stereocenters. The molecule has 1 amide bonds. The number of anilines is 1. The smallest absolute Gasteiger partial charge is 0.294 e. The monoisotopic (exact) mass is 487 g/mol. The molecule has 1 N–H and O–H groups in total. The molecule has 0 saturated carbocycles. The molecule has 0 bridgehead atoms. The zero-order valence-corrected chi connectivity index (χ0v) is 21.4. The molecule has 7 nitrogen and oxygen atoms in total. The number of aromatic nitrogens is 2. The Morgan fingerprint density at radius 2 is 1.78 bits per heavy atom. The molecule has 190 valence electrons. The molecular formula is C29H37N5O2. The van der Waals surface area contributed by atoms with Gasteiger partial charge in [0.15, 0.2) is 5.82 Å². The topological polar surface area (TPSA) is 70.5 Å². The summed E-state index contributed by atoms with van der Waals surface area (Å²) in [6.45, 7) is 8.99. The van der Waals surface area contributed by atoms with Crippen molar-refractivity contribution in [2.24, 2.45) is 5.92 Å². The highest BCUT2D eigenvalue weighted by Crippen LogP contribution is 2.23. The van der Waals surface area contributed by atoms with Crippen molar-refractivity contribution in [3.05, 3.63) is 70.0 Å². The number of para-hydroxylation sites is 2. The summed E-state index contributed by atoms with van der Waals surface area (Å²) in [6.07, 6.45) is 3.85. The Morgan fingerprint density at radius 3 is 2.53 bits per heavy atom. The predicted octanol–water partition coefficient (Wildman–Crippen LogP) is 3.57. The number of hydrogen-bond acceptors (Lipinski definition) is 5. The first-order valence-electron chi connectivity index (χ1n) is 13.4. The average molecular weight is 488 g/mol. The molecule has 1 aromatic heterocycles. The minimum Gasteiger partial charge on any atom is -0.354 e. The molecule has 7 heteroatoms. The Labute approximate surface area is 213 Å². The Morgan fingerprint density at radius 1 is 1.03 bits per heavy atom. The van der Waals surface area contributed by atoms with Crippen LogP contribution in [0.3, 0.4) is 0 Å². The molecule has 2 aliphatic heterocycles. The van der Waals surface area contributed by atoms with Gasteiger partial charge in [0.05, 0.1) is 17.6 Å². The first-order valence-corrected chi connectivity index (χ1v) is 13.4. The molecule has 0 radical (unpaired) electrons. The van der Waals surface area contributed by atoms with Gasteiger partial charge in [-0.25, -0.2) is 4.98 Å². The van der Waals surface area contributed by atoms with Gasteiger partial charge in [-0.05, 0) is 63.4 Å². The molecule has 0 aliphatic carbocycles. The third kappa shape index (κ3) is 5.16. The van der Waals surface area contributed by atoms with Crippen LogP contribution < -0.4 is 15.8 Å². The van der Waals surface area contributed by atoms with Crippen LogP contribution in [0.5, 0.6) is 0 Å². The summed E-state index contributed by atoms with van der Waals surface area (Å²) in [5.41, 5.74) is 3.87. The lowest BCUT2D eigenvalue weighted by atomic mass is 9.95. The Bertz CT molecular complexity index is 1260. The second kappa shape index (κ2) is 10.8. The summed E-state index contributed by atoms with van der Waals surface area (Å²) in [7, 11) is 0. The largest absolute Gasteiger partial charge is 0.354 e. The number of hydrogen-bond donors (Lipinski definition) is 1. The molecule has 2 saturated heterocycles. The highest BCUT2D eigenvalue weighted by atomic mass is 16.2. The van der Waals surface area contributed by atoms with E-state index in [9.17, 15) is 9.59 Å². The fourth-order valence-electron chi connectivity index (χ4n) is 5.68. The second-order valence-corrected chi connectivity index (χ2v) is 10.2. The minimum absolute atomic E-state index is 0.00651. The van der Waals surface area contributed by atoms with Gasteiger partial charge in [0.25, 0.3) is 5.56 Å². The van der Waals surface area contributed by atoms with Crippen LogP contribution in [0.15, 0.2) is 53.3 Å². The van der Waals surface area contributed by atoms with E-state index in [1.54, 1.807) is 0 Å². The van der Waals surface area contributed by atoms with Gasteiger partial charge in [-0.15, -0.1) is 0 Å². The first-order chi connectivity index (χ1) is 17.5. The third-order valence-electron chi connectivity index (χ3n) is 7.88. The van der Waals surface area contributed by atoms with Crippen molar-refractivity contribution in [2.75, 3.05) is 37.6 Å². The molecule has 2 aliphatic rings. The molecule has 0 spiro atoms. The molecule has 2 aromatic carbocycles. The van der Waals surface area contributed by atoms with Crippen LogP contribution in [0.4, 0.5) is 5.82 Å². The zero-order chi connectivity index (χ0) is 25.1. The number of aryl methyl sites for hydroxylation is 1. The minimum atomic E-state index is -0.0712. The summed E-state index contributed by atoms with van der Waals surface area (Å²) >= 11 is 0. The van der Waals surface area contributed by atoms with E-state index in [4.69, 9.17) is 4.98 Å². The maximum absolute atomic E-state index is 13.7. The van der Waals surface area contributed by atoms with E-state index < -0.39 is 0 Å². The van der Waals surface area contributed by atoms with E-state index in [1.807, 2.05) is 28.8 Å². The van der Waals surface area contributed by atoms with Crippen LogP contribution >= 0.6 is 0 Å². The molecule has 3 aromatic rings. The second-order valence-electron chi connectivity index (χ2n) is 10.2. The van der Waals surface area contributed by atoms with Crippen LogP contribution in [0.25, 0.3) is 11.0 Å². The van der Waals surface area contributed by atoms with Crippen molar-refractivity contribution in [1.29, 1.82) is 0 Å². The Hall–Kier alpha value is -3.19. The maximum Gasteiger partial charge on any atom is 0.294 e. The summed E-state index contributed by atoms with van der Waals surface area (Å²) in [4.78, 5) is 35.8. The van der Waals surface area contributed by atoms with Crippen LogP contribution in [0, 0.1) is 12.8 Å². The van der Waals surface area contributed by atoms with Crippen molar-refractivity contribution >= 4 is 22.8 Å². The van der Waals surface area contributed by atoms with Crippen LogP contribution in [-0.4, -0.2) is 59.1 Å².